The van der Waals surface area contributed by atoms with E-state index in [-0.39, 0.29) is 30.2 Å². The highest BCUT2D eigenvalue weighted by Crippen LogP contribution is 2.36. The number of likely N-dealkylation sites (tertiary alicyclic amines) is 2. The predicted octanol–water partition coefficient (Wildman–Crippen LogP) is 2.55. The van der Waals surface area contributed by atoms with Gasteiger partial charge in [-0.2, -0.15) is 0 Å². The van der Waals surface area contributed by atoms with Gasteiger partial charge in [0.15, 0.2) is 0 Å². The van der Waals surface area contributed by atoms with Crippen molar-refractivity contribution in [1.82, 2.24) is 20.0 Å². The largest absolute Gasteiger partial charge is 0.489 e. The Labute approximate surface area is 213 Å². The fourth-order valence-electron chi connectivity index (χ4n) is 7.19. The summed E-state index contributed by atoms with van der Waals surface area (Å²) in [5.74, 6) is 0.814. The zero-order valence-electron chi connectivity index (χ0n) is 21.3. The van der Waals surface area contributed by atoms with Crippen LogP contribution < -0.4 is 10.1 Å². The predicted molar refractivity (Wildman–Crippen MR) is 134 cm³/mol. The fourth-order valence-corrected chi connectivity index (χ4v) is 7.19. The molecule has 1 aromatic carbocycles. The van der Waals surface area contributed by atoms with Gasteiger partial charge in [0.05, 0.1) is 0 Å². The maximum Gasteiger partial charge on any atom is 0.255 e. The van der Waals surface area contributed by atoms with Crippen molar-refractivity contribution in [3.63, 3.8) is 0 Å². The van der Waals surface area contributed by atoms with Crippen LogP contribution in [-0.4, -0.2) is 83.3 Å². The van der Waals surface area contributed by atoms with Crippen LogP contribution >= 0.6 is 0 Å². The number of piperidine rings is 2. The Morgan fingerprint density at radius 1 is 0.944 bits per heavy atom. The molecule has 1 aromatic rings. The van der Waals surface area contributed by atoms with E-state index in [0.29, 0.717) is 24.6 Å². The maximum atomic E-state index is 13.0. The van der Waals surface area contributed by atoms with Crippen LogP contribution in [0.3, 0.4) is 0 Å². The Bertz CT molecular complexity index is 1040. The van der Waals surface area contributed by atoms with Crippen LogP contribution in [0.2, 0.25) is 0 Å². The Hall–Kier alpha value is -2.45. The Morgan fingerprint density at radius 3 is 2.53 bits per heavy atom. The minimum Gasteiger partial charge on any atom is -0.489 e. The number of hydrogen-bond donors (Lipinski definition) is 1. The summed E-state index contributed by atoms with van der Waals surface area (Å²) in [5, 5.41) is 2.37. The number of carbonyl (C=O) groups is 3. The highest BCUT2D eigenvalue weighted by molar-refractivity contribution is 6.05. The van der Waals surface area contributed by atoms with Gasteiger partial charge in [0.1, 0.15) is 17.9 Å². The van der Waals surface area contributed by atoms with Gasteiger partial charge in [-0.05, 0) is 81.8 Å². The van der Waals surface area contributed by atoms with E-state index in [4.69, 9.17) is 4.74 Å². The Balaban J connectivity index is 1.10. The minimum atomic E-state index is -0.586. The van der Waals surface area contributed by atoms with Crippen molar-refractivity contribution in [2.45, 2.75) is 88.6 Å². The molecule has 3 saturated heterocycles. The van der Waals surface area contributed by atoms with Crippen molar-refractivity contribution in [2.24, 2.45) is 5.92 Å². The molecule has 36 heavy (non-hydrogen) atoms. The number of imide groups is 1. The molecule has 194 valence electrons. The molecule has 1 N–H and O–H groups in total. The highest BCUT2D eigenvalue weighted by atomic mass is 16.5. The van der Waals surface area contributed by atoms with Crippen LogP contribution in [0, 0.1) is 5.92 Å². The number of benzene rings is 1. The average molecular weight is 495 g/mol. The quantitative estimate of drug-likeness (QED) is 0.634. The number of ether oxygens (including phenoxy) is 1. The summed E-state index contributed by atoms with van der Waals surface area (Å²) in [4.78, 5) is 43.7. The lowest BCUT2D eigenvalue weighted by Crippen LogP contribution is -2.62. The smallest absolute Gasteiger partial charge is 0.255 e. The first kappa shape index (κ1) is 23.9. The Kier molecular flexibility index (Phi) is 6.50. The third-order valence-corrected chi connectivity index (χ3v) is 9.23. The zero-order valence-corrected chi connectivity index (χ0v) is 21.3. The van der Waals surface area contributed by atoms with E-state index in [2.05, 4.69) is 22.2 Å². The van der Waals surface area contributed by atoms with Crippen LogP contribution in [0.4, 0.5) is 0 Å². The highest BCUT2D eigenvalue weighted by Gasteiger charge is 2.43. The molecule has 8 heteroatoms. The standard InChI is InChI=1S/C28H38N4O4/c1-30-13-5-4-6-22(30)19-15-31(16-19)23-7-2-3-8-25(23)36-20-9-10-21-18(14-20)17-32(28(21)35)24-11-12-26(33)29-27(24)34/h9-10,14,19,22-25H,2-8,11-13,15-17H2,1H3,(H,29,33,34)/t22?,23-,24?,25+/m1/s1. The van der Waals surface area contributed by atoms with Gasteiger partial charge in [0.25, 0.3) is 5.91 Å². The second kappa shape index (κ2) is 9.78. The second-order valence-electron chi connectivity index (χ2n) is 11.5. The number of amides is 3. The van der Waals surface area contributed by atoms with Crippen molar-refractivity contribution in [3.05, 3.63) is 29.3 Å². The summed E-state index contributed by atoms with van der Waals surface area (Å²) < 4.78 is 6.60. The summed E-state index contributed by atoms with van der Waals surface area (Å²) in [6, 6.07) is 6.35. The van der Waals surface area contributed by atoms with Crippen LogP contribution in [0.15, 0.2) is 18.2 Å². The molecule has 6 rings (SSSR count). The molecule has 4 fully saturated rings. The van der Waals surface area contributed by atoms with Gasteiger partial charge in [0, 0.05) is 43.7 Å². The number of nitrogens with zero attached hydrogens (tertiary/aromatic N) is 3. The molecule has 0 radical (unpaired) electrons. The molecule has 8 nitrogen and oxygen atoms in total. The van der Waals surface area contributed by atoms with E-state index < -0.39 is 6.04 Å². The van der Waals surface area contributed by atoms with Crippen molar-refractivity contribution >= 4 is 17.7 Å². The molecule has 3 amide bonds. The second-order valence-corrected chi connectivity index (χ2v) is 11.5. The molecule has 4 heterocycles. The van der Waals surface area contributed by atoms with E-state index in [9.17, 15) is 14.4 Å². The van der Waals surface area contributed by atoms with E-state index >= 15 is 0 Å². The van der Waals surface area contributed by atoms with Gasteiger partial charge in [-0.3, -0.25) is 24.6 Å². The van der Waals surface area contributed by atoms with Gasteiger partial charge in [-0.15, -0.1) is 0 Å². The first-order chi connectivity index (χ1) is 17.5. The van der Waals surface area contributed by atoms with Gasteiger partial charge < -0.3 is 14.5 Å². The molecule has 1 saturated carbocycles. The lowest BCUT2D eigenvalue weighted by Gasteiger charge is -2.52. The third kappa shape index (κ3) is 4.43. The van der Waals surface area contributed by atoms with Crippen LogP contribution in [-0.2, 0) is 16.1 Å². The Morgan fingerprint density at radius 2 is 1.72 bits per heavy atom. The molecular weight excluding hydrogens is 456 g/mol. The molecule has 4 atom stereocenters. The van der Waals surface area contributed by atoms with Crippen molar-refractivity contribution in [1.29, 1.82) is 0 Å². The van der Waals surface area contributed by atoms with Gasteiger partial charge in [-0.1, -0.05) is 12.8 Å². The zero-order chi connectivity index (χ0) is 24.8. The maximum absolute atomic E-state index is 13.0. The van der Waals surface area contributed by atoms with E-state index in [1.54, 1.807) is 4.90 Å². The fraction of sp³-hybridized carbons (Fsp3) is 0.679. The average Bonchev–Trinajstić information content (AvgIpc) is 3.16. The monoisotopic (exact) mass is 494 g/mol. The number of nitrogens with one attached hydrogen (secondary N) is 1. The molecule has 2 unspecified atom stereocenters. The summed E-state index contributed by atoms with van der Waals surface area (Å²) in [6.07, 6.45) is 9.55. The summed E-state index contributed by atoms with van der Waals surface area (Å²) >= 11 is 0. The van der Waals surface area contributed by atoms with Gasteiger partial charge >= 0.3 is 0 Å². The summed E-state index contributed by atoms with van der Waals surface area (Å²) in [5.41, 5.74) is 1.54. The van der Waals surface area contributed by atoms with Gasteiger partial charge in [-0.25, -0.2) is 0 Å². The first-order valence-corrected chi connectivity index (χ1v) is 13.9. The van der Waals surface area contributed by atoms with Crippen LogP contribution in [0.25, 0.3) is 0 Å². The summed E-state index contributed by atoms with van der Waals surface area (Å²) in [6.45, 7) is 3.98. The SMILES string of the molecule is CN1CCCCC1C1CN([C@@H]2CCCC[C@@H]2Oc2ccc3c(c2)CN(C2CCC(=O)NC2=O)C3=O)C1. The molecular formula is C28H38N4O4. The van der Waals surface area contributed by atoms with E-state index in [1.165, 1.54) is 58.2 Å². The molecule has 0 bridgehead atoms. The van der Waals surface area contributed by atoms with Crippen molar-refractivity contribution in [2.75, 3.05) is 26.7 Å². The molecule has 0 spiro atoms. The normalized spacial score (nSPS) is 32.2. The van der Waals surface area contributed by atoms with E-state index in [1.807, 2.05) is 18.2 Å². The first-order valence-electron chi connectivity index (χ1n) is 13.9. The lowest BCUT2D eigenvalue weighted by molar-refractivity contribution is -0.136. The van der Waals surface area contributed by atoms with Crippen molar-refractivity contribution in [3.8, 4) is 5.75 Å². The summed E-state index contributed by atoms with van der Waals surface area (Å²) in [7, 11) is 2.29. The minimum absolute atomic E-state index is 0.138. The molecule has 0 aromatic heterocycles. The number of rotatable bonds is 5. The number of hydrogen-bond acceptors (Lipinski definition) is 6. The topological polar surface area (TPSA) is 82.2 Å². The van der Waals surface area contributed by atoms with Crippen LogP contribution in [0.1, 0.15) is 73.7 Å². The molecule has 4 aliphatic heterocycles. The van der Waals surface area contributed by atoms with Crippen molar-refractivity contribution < 1.29 is 19.1 Å². The lowest BCUT2D eigenvalue weighted by atomic mass is 9.81. The molecule has 5 aliphatic rings. The number of fused-ring (bicyclic) bond motifs is 1. The number of carbonyl (C=O) groups excluding carboxylic acids is 3. The van der Waals surface area contributed by atoms with Crippen LogP contribution in [0.5, 0.6) is 5.75 Å². The van der Waals surface area contributed by atoms with Gasteiger partial charge in [0.2, 0.25) is 11.8 Å². The third-order valence-electron chi connectivity index (χ3n) is 9.23. The van der Waals surface area contributed by atoms with E-state index in [0.717, 1.165) is 29.7 Å². The molecule has 1 aliphatic carbocycles.